The number of benzene rings is 1. The van der Waals surface area contributed by atoms with E-state index < -0.39 is 0 Å². The zero-order chi connectivity index (χ0) is 15.6. The Hall–Kier alpha value is -1.75. The van der Waals surface area contributed by atoms with Gasteiger partial charge in [0, 0.05) is 24.7 Å². The van der Waals surface area contributed by atoms with E-state index in [4.69, 9.17) is 9.47 Å². The summed E-state index contributed by atoms with van der Waals surface area (Å²) < 4.78 is 10.7. The first-order valence-corrected chi connectivity index (χ1v) is 8.74. The lowest BCUT2D eigenvalue weighted by atomic mass is 9.99. The van der Waals surface area contributed by atoms with Gasteiger partial charge in [-0.15, -0.1) is 0 Å². The van der Waals surface area contributed by atoms with E-state index in [9.17, 15) is 4.79 Å². The highest BCUT2D eigenvalue weighted by molar-refractivity contribution is 5.95. The highest BCUT2D eigenvalue weighted by Gasteiger charge is 2.28. The molecule has 1 aromatic rings. The number of fused-ring (bicyclic) bond motifs is 1. The second kappa shape index (κ2) is 6.40. The molecule has 0 unspecified atom stereocenters. The van der Waals surface area contributed by atoms with Gasteiger partial charge in [0.2, 0.25) is 6.79 Å². The molecule has 5 heteroatoms. The number of amides is 1. The van der Waals surface area contributed by atoms with E-state index in [1.807, 2.05) is 17.0 Å². The standard InChI is InChI=1S/C18H24N2O3/c21-18(14-4-5-16-17(12-14)23-13-22-16)20-10-6-15(7-11-20)19-8-2-1-3-9-19/h4-5,12,15H,1-3,6-11,13H2. The zero-order valence-electron chi connectivity index (χ0n) is 13.5. The Morgan fingerprint density at radius 3 is 2.48 bits per heavy atom. The van der Waals surface area contributed by atoms with Crippen molar-refractivity contribution >= 4 is 5.91 Å². The lowest BCUT2D eigenvalue weighted by Gasteiger charge is -2.40. The molecule has 0 N–H and O–H groups in total. The Morgan fingerprint density at radius 2 is 1.70 bits per heavy atom. The molecule has 3 aliphatic heterocycles. The van der Waals surface area contributed by atoms with Gasteiger partial charge in [-0.1, -0.05) is 6.42 Å². The van der Waals surface area contributed by atoms with Crippen LogP contribution >= 0.6 is 0 Å². The average Bonchev–Trinajstić information content (AvgIpc) is 3.10. The summed E-state index contributed by atoms with van der Waals surface area (Å²) in [4.78, 5) is 17.3. The number of carbonyl (C=O) groups is 1. The van der Waals surface area contributed by atoms with Crippen LogP contribution in [0.15, 0.2) is 18.2 Å². The molecule has 3 heterocycles. The quantitative estimate of drug-likeness (QED) is 0.841. The second-order valence-electron chi connectivity index (χ2n) is 6.69. The number of hydrogen-bond acceptors (Lipinski definition) is 4. The maximum Gasteiger partial charge on any atom is 0.253 e. The van der Waals surface area contributed by atoms with Crippen molar-refractivity contribution in [1.82, 2.24) is 9.80 Å². The van der Waals surface area contributed by atoms with E-state index in [1.54, 1.807) is 6.07 Å². The maximum atomic E-state index is 12.7. The molecule has 2 saturated heterocycles. The molecular formula is C18H24N2O3. The molecule has 124 valence electrons. The molecule has 1 amide bonds. The molecule has 2 fully saturated rings. The summed E-state index contributed by atoms with van der Waals surface area (Å²) in [5.41, 5.74) is 0.700. The van der Waals surface area contributed by atoms with Gasteiger partial charge in [0.05, 0.1) is 0 Å². The smallest absolute Gasteiger partial charge is 0.253 e. The Bertz CT molecular complexity index is 576. The van der Waals surface area contributed by atoms with Gasteiger partial charge in [0.25, 0.3) is 5.91 Å². The molecule has 0 aromatic heterocycles. The lowest BCUT2D eigenvalue weighted by Crippen LogP contribution is -2.48. The number of rotatable bonds is 2. The van der Waals surface area contributed by atoms with E-state index in [1.165, 1.54) is 32.4 Å². The minimum atomic E-state index is 0.111. The van der Waals surface area contributed by atoms with Crippen LogP contribution in [-0.2, 0) is 0 Å². The van der Waals surface area contributed by atoms with E-state index >= 15 is 0 Å². The van der Waals surface area contributed by atoms with Crippen LogP contribution in [0.2, 0.25) is 0 Å². The van der Waals surface area contributed by atoms with Gasteiger partial charge in [-0.2, -0.15) is 0 Å². The summed E-state index contributed by atoms with van der Waals surface area (Å²) in [6, 6.07) is 6.14. The van der Waals surface area contributed by atoms with Crippen LogP contribution in [0.1, 0.15) is 42.5 Å². The summed E-state index contributed by atoms with van der Waals surface area (Å²) >= 11 is 0. The van der Waals surface area contributed by atoms with Crippen molar-refractivity contribution in [2.24, 2.45) is 0 Å². The summed E-state index contributed by atoms with van der Waals surface area (Å²) in [6.07, 6.45) is 6.22. The summed E-state index contributed by atoms with van der Waals surface area (Å²) in [5, 5.41) is 0. The van der Waals surface area contributed by atoms with Crippen molar-refractivity contribution in [3.05, 3.63) is 23.8 Å². The van der Waals surface area contributed by atoms with Crippen LogP contribution in [0.5, 0.6) is 11.5 Å². The molecule has 0 saturated carbocycles. The summed E-state index contributed by atoms with van der Waals surface area (Å²) in [6.45, 7) is 4.43. The third-order valence-corrected chi connectivity index (χ3v) is 5.28. The topological polar surface area (TPSA) is 42.0 Å². The first-order chi connectivity index (χ1) is 11.3. The van der Waals surface area contributed by atoms with Gasteiger partial charge in [-0.05, 0) is 57.0 Å². The molecule has 0 spiro atoms. The van der Waals surface area contributed by atoms with Crippen LogP contribution in [0.4, 0.5) is 0 Å². The summed E-state index contributed by atoms with van der Waals surface area (Å²) in [7, 11) is 0. The number of piperidine rings is 2. The van der Waals surface area contributed by atoms with E-state index in [-0.39, 0.29) is 12.7 Å². The largest absolute Gasteiger partial charge is 0.454 e. The molecule has 0 atom stereocenters. The predicted molar refractivity (Wildman–Crippen MR) is 86.9 cm³/mol. The zero-order valence-corrected chi connectivity index (χ0v) is 13.5. The van der Waals surface area contributed by atoms with Crippen LogP contribution in [0.3, 0.4) is 0 Å². The molecular weight excluding hydrogens is 292 g/mol. The molecule has 0 aliphatic carbocycles. The predicted octanol–water partition coefficient (Wildman–Crippen LogP) is 2.51. The Morgan fingerprint density at radius 1 is 0.957 bits per heavy atom. The fraction of sp³-hybridized carbons (Fsp3) is 0.611. The molecule has 5 nitrogen and oxygen atoms in total. The maximum absolute atomic E-state index is 12.7. The van der Waals surface area contributed by atoms with Gasteiger partial charge in [-0.25, -0.2) is 0 Å². The molecule has 0 bridgehead atoms. The van der Waals surface area contributed by atoms with Crippen LogP contribution in [0.25, 0.3) is 0 Å². The highest BCUT2D eigenvalue weighted by atomic mass is 16.7. The van der Waals surface area contributed by atoms with Gasteiger partial charge in [-0.3, -0.25) is 4.79 Å². The van der Waals surface area contributed by atoms with Gasteiger partial charge in [0.15, 0.2) is 11.5 Å². The molecule has 0 radical (unpaired) electrons. The normalized spacial score (nSPS) is 22.3. The van der Waals surface area contributed by atoms with E-state index in [0.717, 1.165) is 31.7 Å². The first kappa shape index (κ1) is 14.8. The van der Waals surface area contributed by atoms with E-state index in [2.05, 4.69) is 4.90 Å². The van der Waals surface area contributed by atoms with Crippen LogP contribution in [0, 0.1) is 0 Å². The SMILES string of the molecule is O=C(c1ccc2c(c1)OCO2)N1CCC(N2CCCCC2)CC1. The van der Waals surface area contributed by atoms with E-state index in [0.29, 0.717) is 17.4 Å². The third-order valence-electron chi connectivity index (χ3n) is 5.28. The van der Waals surface area contributed by atoms with Crippen molar-refractivity contribution in [3.63, 3.8) is 0 Å². The Labute approximate surface area is 137 Å². The highest BCUT2D eigenvalue weighted by Crippen LogP contribution is 2.33. The van der Waals surface area contributed by atoms with Gasteiger partial charge >= 0.3 is 0 Å². The van der Waals surface area contributed by atoms with Crippen molar-refractivity contribution in [1.29, 1.82) is 0 Å². The summed E-state index contributed by atoms with van der Waals surface area (Å²) in [5.74, 6) is 1.52. The first-order valence-electron chi connectivity index (χ1n) is 8.74. The fourth-order valence-electron chi connectivity index (χ4n) is 3.93. The van der Waals surface area contributed by atoms with Crippen LogP contribution in [-0.4, -0.2) is 54.7 Å². The Balaban J connectivity index is 1.37. The van der Waals surface area contributed by atoms with Crippen molar-refractivity contribution in [3.8, 4) is 11.5 Å². The van der Waals surface area contributed by atoms with Gasteiger partial charge < -0.3 is 19.3 Å². The minimum absolute atomic E-state index is 0.111. The Kier molecular flexibility index (Phi) is 4.12. The van der Waals surface area contributed by atoms with Crippen LogP contribution < -0.4 is 9.47 Å². The number of ether oxygens (including phenoxy) is 2. The minimum Gasteiger partial charge on any atom is -0.454 e. The van der Waals surface area contributed by atoms with Crippen molar-refractivity contribution in [2.45, 2.75) is 38.1 Å². The number of nitrogens with zero attached hydrogens (tertiary/aromatic N) is 2. The third kappa shape index (κ3) is 3.02. The van der Waals surface area contributed by atoms with Crippen molar-refractivity contribution in [2.75, 3.05) is 33.0 Å². The van der Waals surface area contributed by atoms with Gasteiger partial charge in [0.1, 0.15) is 0 Å². The second-order valence-corrected chi connectivity index (χ2v) is 6.69. The number of carbonyl (C=O) groups excluding carboxylic acids is 1. The fourth-order valence-corrected chi connectivity index (χ4v) is 3.93. The molecule has 4 rings (SSSR count). The monoisotopic (exact) mass is 316 g/mol. The molecule has 3 aliphatic rings. The van der Waals surface area contributed by atoms with Crippen molar-refractivity contribution < 1.29 is 14.3 Å². The average molecular weight is 316 g/mol. The lowest BCUT2D eigenvalue weighted by molar-refractivity contribution is 0.0589. The number of hydrogen-bond donors (Lipinski definition) is 0. The molecule has 23 heavy (non-hydrogen) atoms. The molecule has 1 aromatic carbocycles. The number of likely N-dealkylation sites (tertiary alicyclic amines) is 2.